The van der Waals surface area contributed by atoms with Gasteiger partial charge in [0.05, 0.1) is 19.0 Å². The lowest BCUT2D eigenvalue weighted by molar-refractivity contribution is -0.118. The number of aromatic nitrogens is 1. The van der Waals surface area contributed by atoms with Gasteiger partial charge in [-0.15, -0.1) is 0 Å². The second kappa shape index (κ2) is 9.23. The highest BCUT2D eigenvalue weighted by Gasteiger charge is 2.18. The molecule has 1 aromatic carbocycles. The predicted octanol–water partition coefficient (Wildman–Crippen LogP) is 2.58. The molecule has 0 spiro atoms. The molecule has 7 heteroatoms. The van der Waals surface area contributed by atoms with Crippen molar-refractivity contribution in [3.05, 3.63) is 42.6 Å². The number of para-hydroxylation sites is 2. The fourth-order valence-corrected chi connectivity index (χ4v) is 2.88. The van der Waals surface area contributed by atoms with Crippen molar-refractivity contribution >= 4 is 11.6 Å². The van der Waals surface area contributed by atoms with E-state index in [2.05, 4.69) is 22.2 Å². The van der Waals surface area contributed by atoms with Gasteiger partial charge in [-0.05, 0) is 38.1 Å². The third-order valence-corrected chi connectivity index (χ3v) is 4.40. The summed E-state index contributed by atoms with van der Waals surface area (Å²) in [7, 11) is 3.67. The molecule has 2 aromatic rings. The Morgan fingerprint density at radius 1 is 1.19 bits per heavy atom. The Bertz CT molecular complexity index is 743. The van der Waals surface area contributed by atoms with E-state index in [0.717, 1.165) is 25.9 Å². The molecule has 0 saturated carbocycles. The number of hydrogen-bond acceptors (Lipinski definition) is 6. The smallest absolute Gasteiger partial charge is 0.262 e. The second-order valence-corrected chi connectivity index (χ2v) is 6.49. The third kappa shape index (κ3) is 5.59. The Hall–Kier alpha value is -2.80. The zero-order valence-corrected chi connectivity index (χ0v) is 15.7. The molecule has 1 aliphatic heterocycles. The highest BCUT2D eigenvalue weighted by atomic mass is 16.5. The van der Waals surface area contributed by atoms with E-state index in [1.54, 1.807) is 37.6 Å². The number of carbonyl (C=O) groups excluding carboxylic acids is 1. The number of amides is 1. The maximum atomic E-state index is 12.1. The number of benzene rings is 1. The third-order valence-electron chi connectivity index (χ3n) is 4.40. The highest BCUT2D eigenvalue weighted by molar-refractivity contribution is 5.91. The number of hydrogen-bond donors (Lipinski definition) is 1. The number of pyridine rings is 1. The fraction of sp³-hybridized carbons (Fsp3) is 0.400. The summed E-state index contributed by atoms with van der Waals surface area (Å²) in [6, 6.07) is 10.7. The zero-order chi connectivity index (χ0) is 19.1. The number of ether oxygens (including phenoxy) is 3. The standard InChI is InChI=1S/C20H25N3O4/c1-23-11-9-16(10-12-23)27-20-8-7-15(13-21-20)22-19(24)14-26-18-6-4-3-5-17(18)25-2/h3-8,13,16H,9-12,14H2,1-2H3,(H,22,24). The number of rotatable bonds is 7. The van der Waals surface area contributed by atoms with Crippen LogP contribution in [-0.4, -0.2) is 55.7 Å². The molecule has 7 nitrogen and oxygen atoms in total. The topological polar surface area (TPSA) is 72.9 Å². The van der Waals surface area contributed by atoms with E-state index in [-0.39, 0.29) is 18.6 Å². The average Bonchev–Trinajstić information content (AvgIpc) is 2.70. The number of likely N-dealkylation sites (tertiary alicyclic amines) is 1. The van der Waals surface area contributed by atoms with E-state index in [1.165, 1.54) is 0 Å². The van der Waals surface area contributed by atoms with Crippen LogP contribution in [0.2, 0.25) is 0 Å². The molecule has 1 saturated heterocycles. The van der Waals surface area contributed by atoms with Crippen LogP contribution in [0.1, 0.15) is 12.8 Å². The van der Waals surface area contributed by atoms with E-state index in [1.807, 2.05) is 12.1 Å². The van der Waals surface area contributed by atoms with Gasteiger partial charge in [-0.1, -0.05) is 12.1 Å². The molecule has 0 bridgehead atoms. The lowest BCUT2D eigenvalue weighted by atomic mass is 10.1. The van der Waals surface area contributed by atoms with Gasteiger partial charge >= 0.3 is 0 Å². The zero-order valence-electron chi connectivity index (χ0n) is 15.7. The normalized spacial score (nSPS) is 15.2. The first-order valence-corrected chi connectivity index (χ1v) is 9.01. The molecule has 1 N–H and O–H groups in total. The van der Waals surface area contributed by atoms with Crippen molar-refractivity contribution in [3.63, 3.8) is 0 Å². The summed E-state index contributed by atoms with van der Waals surface area (Å²) in [4.78, 5) is 18.6. The van der Waals surface area contributed by atoms with Gasteiger partial charge in [0.15, 0.2) is 18.1 Å². The highest BCUT2D eigenvalue weighted by Crippen LogP contribution is 2.25. The maximum Gasteiger partial charge on any atom is 0.262 e. The minimum Gasteiger partial charge on any atom is -0.493 e. The molecule has 1 aromatic heterocycles. The van der Waals surface area contributed by atoms with Gasteiger partial charge in [0.2, 0.25) is 5.88 Å². The minimum absolute atomic E-state index is 0.117. The molecular weight excluding hydrogens is 346 g/mol. The van der Waals surface area contributed by atoms with Crippen LogP contribution in [0, 0.1) is 0 Å². The van der Waals surface area contributed by atoms with Gasteiger partial charge in [-0.3, -0.25) is 4.79 Å². The first kappa shape index (κ1) is 19.0. The maximum absolute atomic E-state index is 12.1. The Morgan fingerprint density at radius 3 is 2.59 bits per heavy atom. The number of nitrogens with one attached hydrogen (secondary N) is 1. The quantitative estimate of drug-likeness (QED) is 0.807. The van der Waals surface area contributed by atoms with Crippen LogP contribution in [0.25, 0.3) is 0 Å². The Morgan fingerprint density at radius 2 is 1.93 bits per heavy atom. The Balaban J connectivity index is 1.47. The average molecular weight is 371 g/mol. The fourth-order valence-electron chi connectivity index (χ4n) is 2.88. The second-order valence-electron chi connectivity index (χ2n) is 6.49. The molecule has 2 heterocycles. The largest absolute Gasteiger partial charge is 0.493 e. The van der Waals surface area contributed by atoms with Crippen LogP contribution in [-0.2, 0) is 4.79 Å². The van der Waals surface area contributed by atoms with Crippen molar-refractivity contribution in [1.82, 2.24) is 9.88 Å². The van der Waals surface area contributed by atoms with E-state index in [4.69, 9.17) is 14.2 Å². The summed E-state index contributed by atoms with van der Waals surface area (Å²) < 4.78 is 16.6. The number of piperidine rings is 1. The van der Waals surface area contributed by atoms with E-state index >= 15 is 0 Å². The van der Waals surface area contributed by atoms with Gasteiger partial charge < -0.3 is 24.4 Å². The molecule has 0 atom stereocenters. The summed E-state index contributed by atoms with van der Waals surface area (Å²) in [6.07, 6.45) is 3.78. The van der Waals surface area contributed by atoms with Gasteiger partial charge in [0.25, 0.3) is 5.91 Å². The van der Waals surface area contributed by atoms with Crippen molar-refractivity contribution in [2.75, 3.05) is 39.2 Å². The number of nitrogens with zero attached hydrogens (tertiary/aromatic N) is 2. The Kier molecular flexibility index (Phi) is 6.49. The van der Waals surface area contributed by atoms with Crippen molar-refractivity contribution in [2.24, 2.45) is 0 Å². The van der Waals surface area contributed by atoms with E-state index < -0.39 is 0 Å². The van der Waals surface area contributed by atoms with Crippen LogP contribution in [0.4, 0.5) is 5.69 Å². The minimum atomic E-state index is -0.272. The molecule has 0 radical (unpaired) electrons. The molecule has 0 unspecified atom stereocenters. The molecule has 0 aliphatic carbocycles. The van der Waals surface area contributed by atoms with Crippen LogP contribution in [0.15, 0.2) is 42.6 Å². The predicted molar refractivity (Wildman–Crippen MR) is 103 cm³/mol. The molecular formula is C20H25N3O4. The van der Waals surface area contributed by atoms with E-state index in [9.17, 15) is 4.79 Å². The summed E-state index contributed by atoms with van der Waals surface area (Å²) in [5, 5.41) is 2.76. The first-order valence-electron chi connectivity index (χ1n) is 9.01. The molecule has 1 fully saturated rings. The van der Waals surface area contributed by atoms with Crippen molar-refractivity contribution in [2.45, 2.75) is 18.9 Å². The van der Waals surface area contributed by atoms with Crippen molar-refractivity contribution in [1.29, 1.82) is 0 Å². The summed E-state index contributed by atoms with van der Waals surface area (Å²) in [5.41, 5.74) is 0.597. The molecule has 3 rings (SSSR count). The van der Waals surface area contributed by atoms with Crippen LogP contribution < -0.4 is 19.5 Å². The summed E-state index contributed by atoms with van der Waals surface area (Å²) in [5.74, 6) is 1.41. The number of anilines is 1. The SMILES string of the molecule is COc1ccccc1OCC(=O)Nc1ccc(OC2CCN(C)CC2)nc1. The summed E-state index contributed by atoms with van der Waals surface area (Å²) in [6.45, 7) is 1.95. The Labute approximate surface area is 159 Å². The van der Waals surface area contributed by atoms with Gasteiger partial charge in [-0.2, -0.15) is 0 Å². The lowest BCUT2D eigenvalue weighted by Gasteiger charge is -2.28. The first-order chi connectivity index (χ1) is 13.1. The monoisotopic (exact) mass is 371 g/mol. The molecule has 1 amide bonds. The van der Waals surface area contributed by atoms with Gasteiger partial charge in [-0.25, -0.2) is 4.98 Å². The van der Waals surface area contributed by atoms with Gasteiger partial charge in [0, 0.05) is 19.2 Å². The van der Waals surface area contributed by atoms with Crippen molar-refractivity contribution in [3.8, 4) is 17.4 Å². The number of carbonyl (C=O) groups is 1. The molecule has 1 aliphatic rings. The van der Waals surface area contributed by atoms with Crippen LogP contribution in [0.5, 0.6) is 17.4 Å². The van der Waals surface area contributed by atoms with Crippen molar-refractivity contribution < 1.29 is 19.0 Å². The van der Waals surface area contributed by atoms with Crippen LogP contribution >= 0.6 is 0 Å². The summed E-state index contributed by atoms with van der Waals surface area (Å²) >= 11 is 0. The molecule has 27 heavy (non-hydrogen) atoms. The van der Waals surface area contributed by atoms with Gasteiger partial charge in [0.1, 0.15) is 6.10 Å². The van der Waals surface area contributed by atoms with Crippen LogP contribution in [0.3, 0.4) is 0 Å². The molecule has 144 valence electrons. The number of methoxy groups -OCH3 is 1. The van der Waals surface area contributed by atoms with E-state index in [0.29, 0.717) is 23.1 Å². The lowest BCUT2D eigenvalue weighted by Crippen LogP contribution is -2.35.